The van der Waals surface area contributed by atoms with Crippen molar-refractivity contribution in [3.05, 3.63) is 30.0 Å². The van der Waals surface area contributed by atoms with Crippen molar-refractivity contribution < 1.29 is 18.7 Å². The minimum Gasteiger partial charge on any atom is -0.493 e. The molecule has 0 aliphatic heterocycles. The maximum absolute atomic E-state index is 11.1. The van der Waals surface area contributed by atoms with Gasteiger partial charge in [0.25, 0.3) is 0 Å². The summed E-state index contributed by atoms with van der Waals surface area (Å²) < 4.78 is 18.2. The van der Waals surface area contributed by atoms with Crippen molar-refractivity contribution in [2.45, 2.75) is 77.2 Å². The summed E-state index contributed by atoms with van der Waals surface area (Å²) in [6.07, 6.45) is 8.92. The van der Waals surface area contributed by atoms with Crippen LogP contribution in [0.25, 0.3) is 11.0 Å². The predicted octanol–water partition coefficient (Wildman–Crippen LogP) is 6.27. The van der Waals surface area contributed by atoms with E-state index >= 15 is 0 Å². The van der Waals surface area contributed by atoms with Crippen molar-refractivity contribution in [3.63, 3.8) is 0 Å². The Morgan fingerprint density at radius 3 is 2.66 bits per heavy atom. The highest BCUT2D eigenvalue weighted by molar-refractivity contribution is 5.79. The molecule has 1 aromatic carbocycles. The Labute approximate surface area is 173 Å². The van der Waals surface area contributed by atoms with E-state index in [1.165, 1.54) is 12.8 Å². The molecule has 0 spiro atoms. The van der Waals surface area contributed by atoms with Gasteiger partial charge in [-0.2, -0.15) is 0 Å². The van der Waals surface area contributed by atoms with Gasteiger partial charge in [-0.25, -0.2) is 0 Å². The van der Waals surface area contributed by atoms with Crippen molar-refractivity contribution in [2.75, 3.05) is 13.2 Å². The zero-order valence-electron chi connectivity index (χ0n) is 17.8. The molecule has 0 radical (unpaired) electrons. The first-order valence-corrected chi connectivity index (χ1v) is 11.3. The first kappa shape index (κ1) is 20.5. The summed E-state index contributed by atoms with van der Waals surface area (Å²) in [5.41, 5.74) is 0.936. The van der Waals surface area contributed by atoms with Crippen LogP contribution in [0.4, 0.5) is 0 Å². The minimum atomic E-state index is 0.268. The Morgan fingerprint density at radius 2 is 1.93 bits per heavy atom. The van der Waals surface area contributed by atoms with Crippen LogP contribution in [-0.4, -0.2) is 25.1 Å². The Hall–Kier alpha value is -1.81. The van der Waals surface area contributed by atoms with Crippen LogP contribution in [0.5, 0.6) is 5.75 Å². The van der Waals surface area contributed by atoms with E-state index in [-0.39, 0.29) is 5.78 Å². The SMILES string of the molecule is CC(=O)CCC(C)COC1CCC(c2cc3ccc(OCC4CC4)cc3o2)CC1. The summed E-state index contributed by atoms with van der Waals surface area (Å²) in [6.45, 7) is 5.42. The van der Waals surface area contributed by atoms with E-state index in [4.69, 9.17) is 13.9 Å². The second kappa shape index (κ2) is 9.34. The molecule has 2 aliphatic rings. The largest absolute Gasteiger partial charge is 0.493 e. The fraction of sp³-hybridized carbons (Fsp3) is 0.640. The molecule has 1 aromatic heterocycles. The van der Waals surface area contributed by atoms with E-state index in [9.17, 15) is 4.79 Å². The zero-order chi connectivity index (χ0) is 20.2. The van der Waals surface area contributed by atoms with Crippen LogP contribution in [-0.2, 0) is 9.53 Å². The average molecular weight is 399 g/mol. The normalized spacial score (nSPS) is 23.2. The standard InChI is InChI=1S/C25H34O4/c1-17(3-4-18(2)26)15-27-22-10-7-20(8-11-22)24-13-21-9-12-23(14-25(21)29-24)28-16-19-5-6-19/h9,12-14,17,19-20,22H,3-8,10-11,15-16H2,1-2H3. The van der Waals surface area contributed by atoms with Gasteiger partial charge >= 0.3 is 0 Å². The molecule has 29 heavy (non-hydrogen) atoms. The third kappa shape index (κ3) is 5.85. The quantitative estimate of drug-likeness (QED) is 0.473. The summed E-state index contributed by atoms with van der Waals surface area (Å²) in [5.74, 6) is 3.97. The fourth-order valence-electron chi connectivity index (χ4n) is 4.17. The number of ether oxygens (including phenoxy) is 2. The van der Waals surface area contributed by atoms with Gasteiger partial charge in [0.2, 0.25) is 0 Å². The summed E-state index contributed by atoms with van der Waals surface area (Å²) in [4.78, 5) is 11.1. The van der Waals surface area contributed by atoms with Crippen LogP contribution < -0.4 is 4.74 Å². The lowest BCUT2D eigenvalue weighted by atomic mass is 9.85. The van der Waals surface area contributed by atoms with Gasteiger partial charge in [0.15, 0.2) is 0 Å². The number of furan rings is 1. The number of carbonyl (C=O) groups excluding carboxylic acids is 1. The summed E-state index contributed by atoms with van der Waals surface area (Å²) in [5, 5.41) is 1.16. The van der Waals surface area contributed by atoms with Crippen molar-refractivity contribution in [1.82, 2.24) is 0 Å². The molecule has 2 saturated carbocycles. The molecule has 4 heteroatoms. The number of carbonyl (C=O) groups is 1. The van der Waals surface area contributed by atoms with Gasteiger partial charge in [-0.15, -0.1) is 0 Å². The Balaban J connectivity index is 1.25. The first-order valence-electron chi connectivity index (χ1n) is 11.3. The van der Waals surface area contributed by atoms with E-state index in [1.807, 2.05) is 6.07 Å². The van der Waals surface area contributed by atoms with Gasteiger partial charge in [-0.3, -0.25) is 0 Å². The smallest absolute Gasteiger partial charge is 0.137 e. The number of Topliss-reactive ketones (excluding diaryl/α,β-unsaturated/α-hetero) is 1. The Kier molecular flexibility index (Phi) is 6.59. The van der Waals surface area contributed by atoms with Crippen molar-refractivity contribution >= 4 is 16.8 Å². The molecule has 4 nitrogen and oxygen atoms in total. The lowest BCUT2D eigenvalue weighted by Crippen LogP contribution is -2.23. The van der Waals surface area contributed by atoms with Crippen molar-refractivity contribution in [3.8, 4) is 5.75 Å². The molecule has 0 amide bonds. The molecule has 158 valence electrons. The number of rotatable bonds is 10. The molecule has 4 rings (SSSR count). The van der Waals surface area contributed by atoms with Crippen LogP contribution in [0.1, 0.15) is 76.9 Å². The van der Waals surface area contributed by atoms with Gasteiger partial charge in [0, 0.05) is 30.4 Å². The lowest BCUT2D eigenvalue weighted by molar-refractivity contribution is -0.117. The topological polar surface area (TPSA) is 48.7 Å². The van der Waals surface area contributed by atoms with Crippen LogP contribution in [0.3, 0.4) is 0 Å². The van der Waals surface area contributed by atoms with Crippen LogP contribution in [0, 0.1) is 11.8 Å². The molecule has 1 heterocycles. The highest BCUT2D eigenvalue weighted by atomic mass is 16.5. The van der Waals surface area contributed by atoms with E-state index in [0.29, 0.717) is 24.4 Å². The number of benzene rings is 1. The van der Waals surface area contributed by atoms with Gasteiger partial charge < -0.3 is 18.7 Å². The third-order valence-electron chi connectivity index (χ3n) is 6.38. The van der Waals surface area contributed by atoms with E-state index < -0.39 is 0 Å². The summed E-state index contributed by atoms with van der Waals surface area (Å²) in [6, 6.07) is 8.41. The van der Waals surface area contributed by atoms with Gasteiger partial charge in [0.05, 0.1) is 12.7 Å². The first-order chi connectivity index (χ1) is 14.1. The molecule has 0 saturated heterocycles. The van der Waals surface area contributed by atoms with Crippen LogP contribution in [0.2, 0.25) is 0 Å². The maximum Gasteiger partial charge on any atom is 0.137 e. The number of hydrogen-bond donors (Lipinski definition) is 0. The second-order valence-electron chi connectivity index (χ2n) is 9.26. The molecule has 2 aliphatic carbocycles. The lowest BCUT2D eigenvalue weighted by Gasteiger charge is -2.28. The minimum absolute atomic E-state index is 0.268. The summed E-state index contributed by atoms with van der Waals surface area (Å²) >= 11 is 0. The predicted molar refractivity (Wildman–Crippen MR) is 114 cm³/mol. The van der Waals surface area contributed by atoms with Gasteiger partial charge in [-0.1, -0.05) is 6.92 Å². The van der Waals surface area contributed by atoms with Crippen molar-refractivity contribution in [1.29, 1.82) is 0 Å². The molecular weight excluding hydrogens is 364 g/mol. The Morgan fingerprint density at radius 1 is 1.14 bits per heavy atom. The van der Waals surface area contributed by atoms with Crippen molar-refractivity contribution in [2.24, 2.45) is 11.8 Å². The monoisotopic (exact) mass is 398 g/mol. The van der Waals surface area contributed by atoms with Crippen LogP contribution >= 0.6 is 0 Å². The highest BCUT2D eigenvalue weighted by Gasteiger charge is 2.26. The van der Waals surface area contributed by atoms with Gasteiger partial charge in [0.1, 0.15) is 22.9 Å². The zero-order valence-corrected chi connectivity index (χ0v) is 17.8. The van der Waals surface area contributed by atoms with E-state index in [0.717, 1.165) is 73.7 Å². The number of hydrogen-bond acceptors (Lipinski definition) is 4. The molecule has 0 bridgehead atoms. The molecule has 2 fully saturated rings. The number of fused-ring (bicyclic) bond motifs is 1. The molecular formula is C25H34O4. The molecule has 1 unspecified atom stereocenters. The van der Waals surface area contributed by atoms with Gasteiger partial charge in [-0.05, 0) is 81.9 Å². The van der Waals surface area contributed by atoms with E-state index in [1.54, 1.807) is 6.92 Å². The molecule has 1 atom stereocenters. The maximum atomic E-state index is 11.1. The third-order valence-corrected chi connectivity index (χ3v) is 6.38. The Bertz CT molecular complexity index is 811. The van der Waals surface area contributed by atoms with E-state index in [2.05, 4.69) is 25.1 Å². The number of ketones is 1. The summed E-state index contributed by atoms with van der Waals surface area (Å²) in [7, 11) is 0. The molecule has 2 aromatic rings. The average Bonchev–Trinajstić information content (AvgIpc) is 3.46. The fourth-order valence-corrected chi connectivity index (χ4v) is 4.17. The highest BCUT2D eigenvalue weighted by Crippen LogP contribution is 2.38. The second-order valence-corrected chi connectivity index (χ2v) is 9.26. The van der Waals surface area contributed by atoms with Crippen LogP contribution in [0.15, 0.2) is 28.7 Å². The molecule has 0 N–H and O–H groups in total.